The molecule has 0 unspecified atom stereocenters. The maximum Gasteiger partial charge on any atom is 0.0642 e. The zero-order valence-corrected chi connectivity index (χ0v) is 13.2. The number of hydrogen-bond donors (Lipinski definition) is 1. The molecule has 0 bridgehead atoms. The van der Waals surface area contributed by atoms with Gasteiger partial charge in [-0.1, -0.05) is 43.0 Å². The number of para-hydroxylation sites is 1. The molecule has 1 saturated carbocycles. The molecule has 3 rings (SSSR count). The molecule has 1 aliphatic carbocycles. The van der Waals surface area contributed by atoms with Gasteiger partial charge in [-0.15, -0.1) is 0 Å². The van der Waals surface area contributed by atoms with Gasteiger partial charge in [-0.25, -0.2) is 0 Å². The molecular weight excluding hydrogens is 268 g/mol. The lowest BCUT2D eigenvalue weighted by Crippen LogP contribution is -2.52. The summed E-state index contributed by atoms with van der Waals surface area (Å²) in [6.07, 6.45) is 7.95. The van der Waals surface area contributed by atoms with Crippen molar-refractivity contribution in [1.82, 2.24) is 5.32 Å². The van der Waals surface area contributed by atoms with Crippen molar-refractivity contribution in [1.29, 1.82) is 0 Å². The number of nitrogens with one attached hydrogen (secondary N) is 1. The second kappa shape index (κ2) is 5.95. The highest BCUT2D eigenvalue weighted by Crippen LogP contribution is 2.35. The Kier molecular flexibility index (Phi) is 4.23. The van der Waals surface area contributed by atoms with Crippen molar-refractivity contribution in [3.8, 4) is 0 Å². The van der Waals surface area contributed by atoms with Gasteiger partial charge in [-0.05, 0) is 44.4 Å². The Morgan fingerprint density at radius 2 is 1.95 bits per heavy atom. The van der Waals surface area contributed by atoms with Crippen LogP contribution in [0.5, 0.6) is 0 Å². The Morgan fingerprint density at radius 3 is 2.70 bits per heavy atom. The number of aryl methyl sites for hydroxylation is 1. The maximum atomic E-state index is 6.48. The molecule has 2 aliphatic rings. The minimum absolute atomic E-state index is 0.320. The quantitative estimate of drug-likeness (QED) is 0.836. The number of nitrogens with zero attached hydrogens (tertiary/aromatic N) is 1. The van der Waals surface area contributed by atoms with Crippen LogP contribution >= 0.6 is 11.6 Å². The fourth-order valence-corrected chi connectivity index (χ4v) is 4.24. The molecule has 1 aromatic carbocycles. The van der Waals surface area contributed by atoms with Gasteiger partial charge in [0.15, 0.2) is 0 Å². The molecular formula is C17H25ClN2. The second-order valence-corrected chi connectivity index (χ2v) is 6.86. The number of anilines is 1. The van der Waals surface area contributed by atoms with Crippen LogP contribution < -0.4 is 10.2 Å². The third-order valence-electron chi connectivity index (χ3n) is 4.91. The van der Waals surface area contributed by atoms with Crippen molar-refractivity contribution in [2.24, 2.45) is 0 Å². The van der Waals surface area contributed by atoms with E-state index in [1.807, 2.05) is 12.1 Å². The van der Waals surface area contributed by atoms with Crippen LogP contribution in [0.25, 0.3) is 0 Å². The first kappa shape index (κ1) is 14.2. The number of halogens is 1. The van der Waals surface area contributed by atoms with E-state index in [0.29, 0.717) is 5.54 Å². The summed E-state index contributed by atoms with van der Waals surface area (Å²) in [5, 5.41) is 4.75. The van der Waals surface area contributed by atoms with Crippen LogP contribution in [-0.4, -0.2) is 25.2 Å². The summed E-state index contributed by atoms with van der Waals surface area (Å²) in [5.41, 5.74) is 2.87. The summed E-state index contributed by atoms with van der Waals surface area (Å²) < 4.78 is 0. The summed E-state index contributed by atoms with van der Waals surface area (Å²) in [6.45, 7) is 5.53. The van der Waals surface area contributed by atoms with Gasteiger partial charge >= 0.3 is 0 Å². The summed E-state index contributed by atoms with van der Waals surface area (Å²) in [6, 6.07) is 6.25. The van der Waals surface area contributed by atoms with E-state index >= 15 is 0 Å². The third kappa shape index (κ3) is 2.82. The number of hydrogen-bond acceptors (Lipinski definition) is 2. The lowest BCUT2D eigenvalue weighted by molar-refractivity contribution is 0.246. The SMILES string of the molecule is Cc1cccc(Cl)c1N1CCCNC2(CCCCC2)C1. The Labute approximate surface area is 127 Å². The van der Waals surface area contributed by atoms with E-state index in [4.69, 9.17) is 11.6 Å². The fourth-order valence-electron chi connectivity index (χ4n) is 3.90. The van der Waals surface area contributed by atoms with Crippen LogP contribution in [0.4, 0.5) is 5.69 Å². The smallest absolute Gasteiger partial charge is 0.0642 e. The largest absolute Gasteiger partial charge is 0.368 e. The minimum atomic E-state index is 0.320. The minimum Gasteiger partial charge on any atom is -0.368 e. The topological polar surface area (TPSA) is 15.3 Å². The molecule has 1 heterocycles. The highest BCUT2D eigenvalue weighted by Gasteiger charge is 2.35. The molecule has 1 aromatic rings. The predicted molar refractivity (Wildman–Crippen MR) is 86.8 cm³/mol. The van der Waals surface area contributed by atoms with E-state index < -0.39 is 0 Å². The summed E-state index contributed by atoms with van der Waals surface area (Å²) >= 11 is 6.48. The monoisotopic (exact) mass is 292 g/mol. The van der Waals surface area contributed by atoms with Crippen LogP contribution in [-0.2, 0) is 0 Å². The Hall–Kier alpha value is -0.730. The first-order valence-corrected chi connectivity index (χ1v) is 8.33. The van der Waals surface area contributed by atoms with Crippen molar-refractivity contribution in [2.45, 2.75) is 51.0 Å². The lowest BCUT2D eigenvalue weighted by atomic mass is 9.81. The summed E-state index contributed by atoms with van der Waals surface area (Å²) in [5.74, 6) is 0. The highest BCUT2D eigenvalue weighted by atomic mass is 35.5. The van der Waals surface area contributed by atoms with E-state index in [9.17, 15) is 0 Å². The predicted octanol–water partition coefficient (Wildman–Crippen LogP) is 4.15. The summed E-state index contributed by atoms with van der Waals surface area (Å²) in [7, 11) is 0. The molecule has 0 amide bonds. The van der Waals surface area contributed by atoms with E-state index in [2.05, 4.69) is 23.2 Å². The average molecular weight is 293 g/mol. The number of rotatable bonds is 1. The lowest BCUT2D eigenvalue weighted by Gasteiger charge is -2.41. The van der Waals surface area contributed by atoms with Crippen LogP contribution in [0, 0.1) is 6.92 Å². The van der Waals surface area contributed by atoms with Crippen LogP contribution in [0.2, 0.25) is 5.02 Å². The van der Waals surface area contributed by atoms with Gasteiger partial charge < -0.3 is 10.2 Å². The van der Waals surface area contributed by atoms with Crippen molar-refractivity contribution < 1.29 is 0 Å². The van der Waals surface area contributed by atoms with Crippen LogP contribution in [0.15, 0.2) is 18.2 Å². The van der Waals surface area contributed by atoms with Crippen molar-refractivity contribution in [3.63, 3.8) is 0 Å². The molecule has 0 aromatic heterocycles. The van der Waals surface area contributed by atoms with Crippen molar-refractivity contribution in [2.75, 3.05) is 24.5 Å². The van der Waals surface area contributed by atoms with Gasteiger partial charge in [-0.3, -0.25) is 0 Å². The van der Waals surface area contributed by atoms with Gasteiger partial charge in [0, 0.05) is 18.6 Å². The van der Waals surface area contributed by atoms with Crippen molar-refractivity contribution >= 4 is 17.3 Å². The van der Waals surface area contributed by atoms with Crippen LogP contribution in [0.1, 0.15) is 44.1 Å². The fraction of sp³-hybridized carbons (Fsp3) is 0.647. The first-order chi connectivity index (χ1) is 9.70. The third-order valence-corrected chi connectivity index (χ3v) is 5.22. The van der Waals surface area contributed by atoms with Crippen molar-refractivity contribution in [3.05, 3.63) is 28.8 Å². The molecule has 110 valence electrons. The molecule has 3 heteroatoms. The summed E-state index contributed by atoms with van der Waals surface area (Å²) in [4.78, 5) is 2.53. The van der Waals surface area contributed by atoms with E-state index in [1.54, 1.807) is 0 Å². The normalized spacial score (nSPS) is 22.8. The van der Waals surface area contributed by atoms with E-state index in [-0.39, 0.29) is 0 Å². The second-order valence-electron chi connectivity index (χ2n) is 6.45. The Balaban J connectivity index is 1.88. The molecule has 0 radical (unpaired) electrons. The standard InChI is InChI=1S/C17H25ClN2/c1-14-7-5-8-15(18)16(14)20-12-6-11-19-17(13-20)9-3-2-4-10-17/h5,7-8,19H,2-4,6,9-13H2,1H3. The maximum absolute atomic E-state index is 6.48. The van der Waals surface area contributed by atoms with Crippen LogP contribution in [0.3, 0.4) is 0 Å². The molecule has 1 aliphatic heterocycles. The average Bonchev–Trinajstić information content (AvgIpc) is 2.63. The van der Waals surface area contributed by atoms with E-state index in [0.717, 1.165) is 24.7 Å². The molecule has 1 saturated heterocycles. The zero-order chi connectivity index (χ0) is 14.0. The molecule has 1 spiro atoms. The molecule has 2 nitrogen and oxygen atoms in total. The highest BCUT2D eigenvalue weighted by molar-refractivity contribution is 6.33. The Bertz CT molecular complexity index is 446. The molecule has 20 heavy (non-hydrogen) atoms. The van der Waals surface area contributed by atoms with E-state index in [1.165, 1.54) is 49.8 Å². The van der Waals surface area contributed by atoms with Gasteiger partial charge in [0.05, 0.1) is 10.7 Å². The van der Waals surface area contributed by atoms with Gasteiger partial charge in [0.2, 0.25) is 0 Å². The first-order valence-electron chi connectivity index (χ1n) is 7.95. The Morgan fingerprint density at radius 1 is 1.15 bits per heavy atom. The van der Waals surface area contributed by atoms with Gasteiger partial charge in [0.25, 0.3) is 0 Å². The number of benzene rings is 1. The zero-order valence-electron chi connectivity index (χ0n) is 12.4. The molecule has 0 atom stereocenters. The van der Waals surface area contributed by atoms with Gasteiger partial charge in [0.1, 0.15) is 0 Å². The molecule has 2 fully saturated rings. The van der Waals surface area contributed by atoms with Gasteiger partial charge in [-0.2, -0.15) is 0 Å². The molecule has 1 N–H and O–H groups in total.